The van der Waals surface area contributed by atoms with Crippen molar-refractivity contribution in [3.05, 3.63) is 35.6 Å². The van der Waals surface area contributed by atoms with Crippen molar-refractivity contribution >= 4 is 0 Å². The van der Waals surface area contributed by atoms with Crippen LogP contribution in [0.3, 0.4) is 0 Å². The van der Waals surface area contributed by atoms with Crippen LogP contribution in [0.2, 0.25) is 0 Å². The van der Waals surface area contributed by atoms with Gasteiger partial charge in [0.25, 0.3) is 0 Å². The fourth-order valence-corrected chi connectivity index (χ4v) is 2.05. The Morgan fingerprint density at radius 3 is 2.78 bits per heavy atom. The summed E-state index contributed by atoms with van der Waals surface area (Å²) in [5.74, 6) is -0.222. The summed E-state index contributed by atoms with van der Waals surface area (Å²) in [5, 5.41) is 3.33. The molecule has 2 rings (SSSR count). The molecular weight excluding hydrogens is 233 g/mol. The Morgan fingerprint density at radius 2 is 2.11 bits per heavy atom. The van der Waals surface area contributed by atoms with Crippen LogP contribution in [0, 0.1) is 5.82 Å². The minimum absolute atomic E-state index is 0.0780. The second kappa shape index (κ2) is 5.78. The van der Waals surface area contributed by atoms with Gasteiger partial charge in [-0.05, 0) is 31.5 Å². The van der Waals surface area contributed by atoms with Crippen molar-refractivity contribution < 1.29 is 13.9 Å². The van der Waals surface area contributed by atoms with Crippen LogP contribution in [0.4, 0.5) is 4.39 Å². The average Bonchev–Trinajstić information content (AvgIpc) is 2.30. The Bertz CT molecular complexity index is 378. The van der Waals surface area contributed by atoms with Gasteiger partial charge in [-0.25, -0.2) is 4.39 Å². The van der Waals surface area contributed by atoms with Crippen LogP contribution in [0.1, 0.15) is 19.4 Å². The van der Waals surface area contributed by atoms with Crippen molar-refractivity contribution in [2.24, 2.45) is 0 Å². The van der Waals surface area contributed by atoms with Gasteiger partial charge in [0.2, 0.25) is 0 Å². The van der Waals surface area contributed by atoms with Gasteiger partial charge < -0.3 is 14.8 Å². The lowest BCUT2D eigenvalue weighted by Crippen LogP contribution is -2.51. The number of halogens is 1. The van der Waals surface area contributed by atoms with Gasteiger partial charge in [0, 0.05) is 13.1 Å². The molecule has 0 amide bonds. The average molecular weight is 253 g/mol. The molecule has 1 N–H and O–H groups in total. The molecule has 100 valence electrons. The third kappa shape index (κ3) is 4.05. The van der Waals surface area contributed by atoms with Crippen LogP contribution in [0.25, 0.3) is 0 Å². The molecule has 1 aliphatic rings. The largest absolute Gasteiger partial charge is 0.374 e. The van der Waals surface area contributed by atoms with E-state index in [-0.39, 0.29) is 17.5 Å². The van der Waals surface area contributed by atoms with Crippen molar-refractivity contribution in [1.82, 2.24) is 5.32 Å². The number of hydrogen-bond acceptors (Lipinski definition) is 3. The molecule has 1 heterocycles. The highest BCUT2D eigenvalue weighted by Crippen LogP contribution is 2.15. The molecule has 0 bridgehead atoms. The molecule has 3 nitrogen and oxygen atoms in total. The van der Waals surface area contributed by atoms with E-state index in [1.54, 1.807) is 12.1 Å². The van der Waals surface area contributed by atoms with Crippen molar-refractivity contribution in [3.8, 4) is 0 Å². The quantitative estimate of drug-likeness (QED) is 0.891. The maximum absolute atomic E-state index is 12.7. The zero-order valence-corrected chi connectivity index (χ0v) is 10.9. The highest BCUT2D eigenvalue weighted by molar-refractivity contribution is 5.14. The maximum Gasteiger partial charge on any atom is 0.123 e. The highest BCUT2D eigenvalue weighted by Gasteiger charge is 2.28. The first-order valence-corrected chi connectivity index (χ1v) is 6.26. The number of hydrogen-bond donors (Lipinski definition) is 1. The number of rotatable bonds is 4. The van der Waals surface area contributed by atoms with E-state index in [1.807, 2.05) is 0 Å². The van der Waals surface area contributed by atoms with Gasteiger partial charge in [0.15, 0.2) is 0 Å². The monoisotopic (exact) mass is 253 g/mol. The Morgan fingerprint density at radius 1 is 1.39 bits per heavy atom. The smallest absolute Gasteiger partial charge is 0.123 e. The van der Waals surface area contributed by atoms with Gasteiger partial charge in [-0.3, -0.25) is 0 Å². The summed E-state index contributed by atoms with van der Waals surface area (Å²) in [4.78, 5) is 0. The summed E-state index contributed by atoms with van der Waals surface area (Å²) in [5.41, 5.74) is 0.835. The summed E-state index contributed by atoms with van der Waals surface area (Å²) in [6, 6.07) is 6.36. The minimum Gasteiger partial charge on any atom is -0.374 e. The standard InChI is InChI=1S/C14H20FNO2/c1-14(2)10-16-7-13(18-14)9-17-8-11-3-5-12(15)6-4-11/h3-6,13,16H,7-10H2,1-2H3. The molecule has 0 aliphatic carbocycles. The second-order valence-electron chi connectivity index (χ2n) is 5.27. The summed E-state index contributed by atoms with van der Waals surface area (Å²) in [7, 11) is 0. The SMILES string of the molecule is CC1(C)CNCC(COCc2ccc(F)cc2)O1. The molecule has 1 aromatic carbocycles. The normalized spacial score (nSPS) is 22.9. The molecule has 1 atom stereocenters. The predicted molar refractivity (Wildman–Crippen MR) is 67.9 cm³/mol. The fourth-order valence-electron chi connectivity index (χ4n) is 2.05. The lowest BCUT2D eigenvalue weighted by molar-refractivity contribution is -0.122. The Labute approximate surface area is 107 Å². The molecule has 1 aromatic rings. The van der Waals surface area contributed by atoms with E-state index in [0.717, 1.165) is 18.7 Å². The number of benzene rings is 1. The topological polar surface area (TPSA) is 30.5 Å². The molecule has 0 spiro atoms. The van der Waals surface area contributed by atoms with Crippen molar-refractivity contribution in [1.29, 1.82) is 0 Å². The van der Waals surface area contributed by atoms with Crippen molar-refractivity contribution in [2.75, 3.05) is 19.7 Å². The zero-order chi connectivity index (χ0) is 13.0. The zero-order valence-electron chi connectivity index (χ0n) is 10.9. The summed E-state index contributed by atoms with van der Waals surface area (Å²) < 4.78 is 24.2. The third-order valence-electron chi connectivity index (χ3n) is 2.89. The minimum atomic E-state index is -0.222. The molecular formula is C14H20FNO2. The van der Waals surface area contributed by atoms with Crippen molar-refractivity contribution in [3.63, 3.8) is 0 Å². The van der Waals surface area contributed by atoms with Gasteiger partial charge >= 0.3 is 0 Å². The molecule has 0 aromatic heterocycles. The van der Waals surface area contributed by atoms with Crippen LogP contribution >= 0.6 is 0 Å². The Hall–Kier alpha value is -0.970. The van der Waals surface area contributed by atoms with E-state index in [0.29, 0.717) is 13.2 Å². The fraction of sp³-hybridized carbons (Fsp3) is 0.571. The lowest BCUT2D eigenvalue weighted by Gasteiger charge is -2.36. The molecule has 0 saturated carbocycles. The van der Waals surface area contributed by atoms with Crippen LogP contribution in [-0.2, 0) is 16.1 Å². The predicted octanol–water partition coefficient (Wildman–Crippen LogP) is 2.11. The van der Waals surface area contributed by atoms with E-state index in [1.165, 1.54) is 12.1 Å². The first-order valence-electron chi connectivity index (χ1n) is 6.26. The first-order chi connectivity index (χ1) is 8.55. The van der Waals surface area contributed by atoms with E-state index in [9.17, 15) is 4.39 Å². The Kier molecular flexibility index (Phi) is 4.32. The first kappa shape index (κ1) is 13.5. The second-order valence-corrected chi connectivity index (χ2v) is 5.27. The number of ether oxygens (including phenoxy) is 2. The molecule has 1 fully saturated rings. The molecule has 0 radical (unpaired) electrons. The van der Waals surface area contributed by atoms with Gasteiger partial charge in [-0.15, -0.1) is 0 Å². The summed E-state index contributed by atoms with van der Waals surface area (Å²) in [6.45, 7) is 6.83. The number of morpholine rings is 1. The highest BCUT2D eigenvalue weighted by atomic mass is 19.1. The number of nitrogens with one attached hydrogen (secondary N) is 1. The van der Waals surface area contributed by atoms with E-state index in [2.05, 4.69) is 19.2 Å². The van der Waals surface area contributed by atoms with Crippen LogP contribution in [-0.4, -0.2) is 31.4 Å². The summed E-state index contributed by atoms with van der Waals surface area (Å²) >= 11 is 0. The van der Waals surface area contributed by atoms with Crippen LogP contribution in [0.5, 0.6) is 0 Å². The maximum atomic E-state index is 12.7. The van der Waals surface area contributed by atoms with E-state index in [4.69, 9.17) is 9.47 Å². The molecule has 1 saturated heterocycles. The Balaban J connectivity index is 1.73. The van der Waals surface area contributed by atoms with Gasteiger partial charge in [-0.2, -0.15) is 0 Å². The third-order valence-corrected chi connectivity index (χ3v) is 2.89. The van der Waals surface area contributed by atoms with E-state index >= 15 is 0 Å². The van der Waals surface area contributed by atoms with Crippen LogP contribution < -0.4 is 5.32 Å². The molecule has 18 heavy (non-hydrogen) atoms. The van der Waals surface area contributed by atoms with E-state index < -0.39 is 0 Å². The van der Waals surface area contributed by atoms with Crippen LogP contribution in [0.15, 0.2) is 24.3 Å². The molecule has 1 unspecified atom stereocenters. The molecule has 1 aliphatic heterocycles. The van der Waals surface area contributed by atoms with Gasteiger partial charge in [0.05, 0.1) is 24.9 Å². The lowest BCUT2D eigenvalue weighted by atomic mass is 10.1. The molecule has 4 heteroatoms. The van der Waals surface area contributed by atoms with Crippen molar-refractivity contribution in [2.45, 2.75) is 32.2 Å². The van der Waals surface area contributed by atoms with Gasteiger partial charge in [0.1, 0.15) is 5.82 Å². The summed E-state index contributed by atoms with van der Waals surface area (Å²) in [6.07, 6.45) is 0.0780. The van der Waals surface area contributed by atoms with Gasteiger partial charge in [-0.1, -0.05) is 12.1 Å².